The Morgan fingerprint density at radius 2 is 2.14 bits per heavy atom. The molecule has 0 saturated heterocycles. The van der Waals surface area contributed by atoms with E-state index in [0.29, 0.717) is 10.7 Å². The number of hydrogen-bond donors (Lipinski definition) is 0. The summed E-state index contributed by atoms with van der Waals surface area (Å²) in [5.74, 6) is 0. The molecule has 1 rings (SSSR count). The third kappa shape index (κ3) is 1.73. The second-order valence-electron chi connectivity index (χ2n) is 3.23. The predicted molar refractivity (Wildman–Crippen MR) is 57.1 cm³/mol. The highest BCUT2D eigenvalue weighted by molar-refractivity contribution is 6.31. The van der Waals surface area contributed by atoms with Gasteiger partial charge in [0, 0.05) is 6.20 Å². The van der Waals surface area contributed by atoms with Crippen molar-refractivity contribution in [1.82, 2.24) is 4.98 Å². The van der Waals surface area contributed by atoms with E-state index < -0.39 is 5.41 Å². The Hall–Kier alpha value is -1.07. The summed E-state index contributed by atoms with van der Waals surface area (Å²) in [5.41, 5.74) is 0.174. The topological polar surface area (TPSA) is 36.7 Å². The average molecular weight is 209 g/mol. The van der Waals surface area contributed by atoms with Crippen LogP contribution in [0.15, 0.2) is 18.3 Å². The fourth-order valence-electron chi connectivity index (χ4n) is 1.53. The molecule has 1 aromatic heterocycles. The molecule has 0 amide bonds. The lowest BCUT2D eigenvalue weighted by Gasteiger charge is -2.23. The number of hydrogen-bond acceptors (Lipinski definition) is 2. The standard InChI is InChI=1S/C11H13ClN2/c1-3-11(4-2,8-13)10-9(12)6-5-7-14-10/h5-7H,3-4H2,1-2H3. The van der Waals surface area contributed by atoms with Gasteiger partial charge in [-0.3, -0.25) is 4.98 Å². The zero-order valence-corrected chi connectivity index (χ0v) is 9.17. The molecular formula is C11H13ClN2. The van der Waals surface area contributed by atoms with Crippen molar-refractivity contribution in [1.29, 1.82) is 5.26 Å². The molecule has 1 heterocycles. The molecule has 0 N–H and O–H groups in total. The van der Waals surface area contributed by atoms with E-state index in [2.05, 4.69) is 11.1 Å². The van der Waals surface area contributed by atoms with Crippen molar-refractivity contribution in [3.63, 3.8) is 0 Å². The minimum atomic E-state index is -0.529. The molecule has 0 aliphatic rings. The summed E-state index contributed by atoms with van der Waals surface area (Å²) in [5, 5.41) is 9.79. The van der Waals surface area contributed by atoms with Crippen molar-refractivity contribution in [3.8, 4) is 6.07 Å². The first kappa shape index (κ1) is 11.0. The van der Waals surface area contributed by atoms with Crippen LogP contribution in [0.2, 0.25) is 5.02 Å². The molecule has 0 saturated carbocycles. The van der Waals surface area contributed by atoms with Crippen LogP contribution in [0.1, 0.15) is 32.4 Å². The number of rotatable bonds is 3. The molecule has 14 heavy (non-hydrogen) atoms. The van der Waals surface area contributed by atoms with E-state index in [-0.39, 0.29) is 0 Å². The van der Waals surface area contributed by atoms with Crippen LogP contribution in [0.5, 0.6) is 0 Å². The highest BCUT2D eigenvalue weighted by atomic mass is 35.5. The number of nitrogens with zero attached hydrogens (tertiary/aromatic N) is 2. The number of aromatic nitrogens is 1. The van der Waals surface area contributed by atoms with Crippen LogP contribution >= 0.6 is 11.6 Å². The van der Waals surface area contributed by atoms with Gasteiger partial charge in [0.2, 0.25) is 0 Å². The molecule has 0 atom stereocenters. The molecule has 1 aromatic rings. The Morgan fingerprint density at radius 3 is 2.57 bits per heavy atom. The van der Waals surface area contributed by atoms with Gasteiger partial charge in [0.1, 0.15) is 5.41 Å². The van der Waals surface area contributed by atoms with Crippen LogP contribution in [0.4, 0.5) is 0 Å². The highest BCUT2D eigenvalue weighted by Gasteiger charge is 2.31. The Balaban J connectivity index is 3.26. The van der Waals surface area contributed by atoms with Crippen LogP contribution < -0.4 is 0 Å². The lowest BCUT2D eigenvalue weighted by atomic mass is 9.80. The van der Waals surface area contributed by atoms with Crippen molar-refractivity contribution >= 4 is 11.6 Å². The van der Waals surface area contributed by atoms with Gasteiger partial charge in [0.05, 0.1) is 16.8 Å². The second kappa shape index (κ2) is 4.43. The molecular weight excluding hydrogens is 196 g/mol. The zero-order chi connectivity index (χ0) is 10.6. The van der Waals surface area contributed by atoms with Crippen molar-refractivity contribution in [3.05, 3.63) is 29.0 Å². The van der Waals surface area contributed by atoms with Crippen LogP contribution in [0.25, 0.3) is 0 Å². The monoisotopic (exact) mass is 208 g/mol. The highest BCUT2D eigenvalue weighted by Crippen LogP contribution is 2.33. The first-order valence-electron chi connectivity index (χ1n) is 4.72. The van der Waals surface area contributed by atoms with Gasteiger partial charge in [0.25, 0.3) is 0 Å². The molecule has 0 fully saturated rings. The first-order chi connectivity index (χ1) is 6.70. The molecule has 0 aromatic carbocycles. The Bertz CT molecular complexity index is 351. The number of pyridine rings is 1. The van der Waals surface area contributed by atoms with E-state index in [1.807, 2.05) is 13.8 Å². The van der Waals surface area contributed by atoms with Gasteiger partial charge >= 0.3 is 0 Å². The molecule has 0 aliphatic heterocycles. The molecule has 2 nitrogen and oxygen atoms in total. The average Bonchev–Trinajstić information content (AvgIpc) is 2.24. The molecule has 0 unspecified atom stereocenters. The summed E-state index contributed by atoms with van der Waals surface area (Å²) in [6, 6.07) is 5.88. The minimum absolute atomic E-state index is 0.529. The van der Waals surface area contributed by atoms with E-state index in [1.54, 1.807) is 18.3 Å². The molecule has 0 bridgehead atoms. The summed E-state index contributed by atoms with van der Waals surface area (Å²) in [7, 11) is 0. The SMILES string of the molecule is CCC(C#N)(CC)c1ncccc1Cl. The van der Waals surface area contributed by atoms with Gasteiger partial charge in [-0.05, 0) is 25.0 Å². The van der Waals surface area contributed by atoms with E-state index in [0.717, 1.165) is 12.8 Å². The van der Waals surface area contributed by atoms with Crippen LogP contribution in [-0.4, -0.2) is 4.98 Å². The van der Waals surface area contributed by atoms with Gasteiger partial charge in [0.15, 0.2) is 0 Å². The zero-order valence-electron chi connectivity index (χ0n) is 8.42. The Labute approximate surface area is 89.5 Å². The smallest absolute Gasteiger partial charge is 0.100 e. The van der Waals surface area contributed by atoms with E-state index >= 15 is 0 Å². The van der Waals surface area contributed by atoms with E-state index in [4.69, 9.17) is 11.6 Å². The maximum Gasteiger partial charge on any atom is 0.100 e. The molecule has 0 spiro atoms. The van der Waals surface area contributed by atoms with E-state index in [9.17, 15) is 5.26 Å². The maximum atomic E-state index is 9.21. The molecule has 0 aliphatic carbocycles. The third-order valence-corrected chi connectivity index (χ3v) is 2.94. The largest absolute Gasteiger partial charge is 0.258 e. The van der Waals surface area contributed by atoms with Gasteiger partial charge in [-0.15, -0.1) is 0 Å². The summed E-state index contributed by atoms with van der Waals surface area (Å²) in [4.78, 5) is 4.21. The molecule has 74 valence electrons. The van der Waals surface area contributed by atoms with Gasteiger partial charge in [-0.25, -0.2) is 0 Å². The normalized spacial score (nSPS) is 11.0. The van der Waals surface area contributed by atoms with Gasteiger partial charge in [-0.1, -0.05) is 25.4 Å². The van der Waals surface area contributed by atoms with Crippen molar-refractivity contribution < 1.29 is 0 Å². The number of nitriles is 1. The van der Waals surface area contributed by atoms with E-state index in [1.165, 1.54) is 0 Å². The van der Waals surface area contributed by atoms with Gasteiger partial charge in [-0.2, -0.15) is 5.26 Å². The van der Waals surface area contributed by atoms with Crippen LogP contribution in [0.3, 0.4) is 0 Å². The Morgan fingerprint density at radius 1 is 1.50 bits per heavy atom. The maximum absolute atomic E-state index is 9.21. The summed E-state index contributed by atoms with van der Waals surface area (Å²) in [6.45, 7) is 3.97. The fraction of sp³-hybridized carbons (Fsp3) is 0.455. The number of halogens is 1. The van der Waals surface area contributed by atoms with Crippen LogP contribution in [-0.2, 0) is 5.41 Å². The summed E-state index contributed by atoms with van der Waals surface area (Å²) < 4.78 is 0. The van der Waals surface area contributed by atoms with Crippen molar-refractivity contribution in [2.45, 2.75) is 32.1 Å². The molecule has 3 heteroatoms. The first-order valence-corrected chi connectivity index (χ1v) is 5.10. The summed E-state index contributed by atoms with van der Waals surface area (Å²) >= 11 is 6.03. The van der Waals surface area contributed by atoms with Crippen molar-refractivity contribution in [2.75, 3.05) is 0 Å². The van der Waals surface area contributed by atoms with Crippen LogP contribution in [0, 0.1) is 11.3 Å². The summed E-state index contributed by atoms with van der Waals surface area (Å²) in [6.07, 6.45) is 3.14. The Kier molecular flexibility index (Phi) is 3.49. The minimum Gasteiger partial charge on any atom is -0.258 e. The second-order valence-corrected chi connectivity index (χ2v) is 3.64. The lowest BCUT2D eigenvalue weighted by Crippen LogP contribution is -2.23. The predicted octanol–water partition coefficient (Wildman–Crippen LogP) is 3.32. The fourth-order valence-corrected chi connectivity index (χ4v) is 1.84. The molecule has 0 radical (unpaired) electrons. The lowest BCUT2D eigenvalue weighted by molar-refractivity contribution is 0.496. The third-order valence-electron chi connectivity index (χ3n) is 2.63. The van der Waals surface area contributed by atoms with Crippen molar-refractivity contribution in [2.24, 2.45) is 0 Å². The van der Waals surface area contributed by atoms with Gasteiger partial charge < -0.3 is 0 Å². The quantitative estimate of drug-likeness (QED) is 0.764.